The quantitative estimate of drug-likeness (QED) is 0.771. The summed E-state index contributed by atoms with van der Waals surface area (Å²) in [7, 11) is 0. The molecule has 1 aromatic heterocycles. The van der Waals surface area contributed by atoms with Gasteiger partial charge in [0.2, 0.25) is 5.28 Å². The molecule has 0 radical (unpaired) electrons. The van der Waals surface area contributed by atoms with Crippen molar-refractivity contribution in [2.24, 2.45) is 0 Å². The maximum Gasteiger partial charge on any atom is 0.222 e. The minimum Gasteiger partial charge on any atom is -0.235 e. The number of alkyl halides is 1. The first-order valence-corrected chi connectivity index (χ1v) is 5.02. The average Bonchev–Trinajstić information content (AvgIpc) is 2.26. The smallest absolute Gasteiger partial charge is 0.222 e. The summed E-state index contributed by atoms with van der Waals surface area (Å²) in [6.07, 6.45) is -0.479. The van der Waals surface area contributed by atoms with Crippen molar-refractivity contribution in [1.82, 2.24) is 9.97 Å². The number of benzene rings is 1. The van der Waals surface area contributed by atoms with E-state index < -0.39 is 17.8 Å². The highest BCUT2D eigenvalue weighted by Gasteiger charge is 2.16. The Kier molecular flexibility index (Phi) is 3.28. The molecule has 0 spiro atoms. The maximum atomic E-state index is 13.9. The molecule has 0 aliphatic heterocycles. The Morgan fingerprint density at radius 2 is 1.76 bits per heavy atom. The van der Waals surface area contributed by atoms with Gasteiger partial charge in [-0.05, 0) is 35.4 Å². The topological polar surface area (TPSA) is 25.8 Å². The second kappa shape index (κ2) is 4.71. The molecule has 2 nitrogen and oxygen atoms in total. The van der Waals surface area contributed by atoms with Crippen molar-refractivity contribution in [1.29, 1.82) is 0 Å². The predicted octanol–water partition coefficient (Wildman–Crippen LogP) is 3.47. The van der Waals surface area contributed by atoms with Crippen LogP contribution in [0.4, 0.5) is 13.2 Å². The third-order valence-corrected chi connectivity index (χ3v) is 2.27. The average molecular weight is 259 g/mol. The first-order valence-electron chi connectivity index (χ1n) is 4.65. The third-order valence-electron chi connectivity index (χ3n) is 2.08. The lowest BCUT2D eigenvalue weighted by molar-refractivity contribution is 0.389. The van der Waals surface area contributed by atoms with Gasteiger partial charge in [-0.2, -0.15) is 0 Å². The second-order valence-electron chi connectivity index (χ2n) is 3.32. The lowest BCUT2D eigenvalue weighted by Gasteiger charge is -2.08. The fourth-order valence-corrected chi connectivity index (χ4v) is 1.54. The highest BCUT2D eigenvalue weighted by atomic mass is 35.5. The number of hydrogen-bond acceptors (Lipinski definition) is 2. The Hall–Kier alpha value is -1.62. The monoisotopic (exact) mass is 258 g/mol. The van der Waals surface area contributed by atoms with Crippen molar-refractivity contribution >= 4 is 11.6 Å². The Morgan fingerprint density at radius 3 is 2.35 bits per heavy atom. The molecular weight excluding hydrogens is 253 g/mol. The highest BCUT2D eigenvalue weighted by molar-refractivity contribution is 6.28. The minimum absolute atomic E-state index is 0.0463. The van der Waals surface area contributed by atoms with Gasteiger partial charge < -0.3 is 0 Å². The molecule has 0 aliphatic carbocycles. The van der Waals surface area contributed by atoms with Crippen molar-refractivity contribution in [2.45, 2.75) is 6.17 Å². The van der Waals surface area contributed by atoms with Crippen LogP contribution >= 0.6 is 11.6 Å². The van der Waals surface area contributed by atoms with Gasteiger partial charge in [0.25, 0.3) is 0 Å². The zero-order chi connectivity index (χ0) is 12.4. The number of rotatable bonds is 2. The molecule has 0 aliphatic rings. The molecule has 88 valence electrons. The van der Waals surface area contributed by atoms with Crippen LogP contribution in [0.25, 0.3) is 0 Å². The summed E-state index contributed by atoms with van der Waals surface area (Å²) in [5.41, 5.74) is -0.202. The van der Waals surface area contributed by atoms with E-state index >= 15 is 0 Å². The van der Waals surface area contributed by atoms with Crippen LogP contribution in [0.3, 0.4) is 0 Å². The third kappa shape index (κ3) is 2.74. The van der Waals surface area contributed by atoms with E-state index in [1.807, 2.05) is 0 Å². The number of halogens is 4. The van der Waals surface area contributed by atoms with E-state index in [0.717, 1.165) is 12.1 Å². The van der Waals surface area contributed by atoms with Crippen LogP contribution in [-0.4, -0.2) is 9.97 Å². The SMILES string of the molecule is Fc1cc(F)cc(C(F)c2ccnc(Cl)n2)c1. The van der Waals surface area contributed by atoms with E-state index in [1.165, 1.54) is 12.3 Å². The molecule has 2 aromatic rings. The number of aromatic nitrogens is 2. The van der Waals surface area contributed by atoms with Gasteiger partial charge in [0.1, 0.15) is 11.6 Å². The standard InChI is InChI=1S/C11H6ClF3N2/c12-11-16-2-1-9(17-11)10(15)6-3-7(13)5-8(14)4-6/h1-5,10H. The fraction of sp³-hybridized carbons (Fsp3) is 0.0909. The predicted molar refractivity (Wildman–Crippen MR) is 56.4 cm³/mol. The summed E-state index contributed by atoms with van der Waals surface area (Å²) in [6, 6.07) is 3.77. The van der Waals surface area contributed by atoms with Gasteiger partial charge >= 0.3 is 0 Å². The fourth-order valence-electron chi connectivity index (χ4n) is 1.38. The van der Waals surface area contributed by atoms with Crippen LogP contribution in [0.15, 0.2) is 30.5 Å². The van der Waals surface area contributed by atoms with E-state index in [1.54, 1.807) is 0 Å². The van der Waals surface area contributed by atoms with Gasteiger partial charge in [-0.25, -0.2) is 23.1 Å². The normalized spacial score (nSPS) is 12.5. The first-order chi connectivity index (χ1) is 8.06. The molecule has 0 N–H and O–H groups in total. The van der Waals surface area contributed by atoms with Crippen molar-refractivity contribution in [2.75, 3.05) is 0 Å². The molecule has 1 unspecified atom stereocenters. The molecular formula is C11H6ClF3N2. The van der Waals surface area contributed by atoms with E-state index in [0.29, 0.717) is 6.07 Å². The van der Waals surface area contributed by atoms with Gasteiger partial charge in [-0.1, -0.05) is 0 Å². The summed E-state index contributed by atoms with van der Waals surface area (Å²) in [5.74, 6) is -1.69. The van der Waals surface area contributed by atoms with Crippen molar-refractivity contribution in [3.05, 3.63) is 58.6 Å². The largest absolute Gasteiger partial charge is 0.235 e. The zero-order valence-corrected chi connectivity index (χ0v) is 9.13. The van der Waals surface area contributed by atoms with Crippen molar-refractivity contribution in [3.8, 4) is 0 Å². The van der Waals surface area contributed by atoms with Crippen LogP contribution in [0, 0.1) is 11.6 Å². The van der Waals surface area contributed by atoms with Crippen molar-refractivity contribution in [3.63, 3.8) is 0 Å². The molecule has 1 heterocycles. The highest BCUT2D eigenvalue weighted by Crippen LogP contribution is 2.26. The molecule has 1 aromatic carbocycles. The van der Waals surface area contributed by atoms with Gasteiger partial charge in [0, 0.05) is 12.3 Å². The molecule has 6 heteroatoms. The van der Waals surface area contributed by atoms with E-state index in [4.69, 9.17) is 11.6 Å². The lowest BCUT2D eigenvalue weighted by atomic mass is 10.1. The summed E-state index contributed by atoms with van der Waals surface area (Å²) >= 11 is 5.50. The molecule has 0 fully saturated rings. The Morgan fingerprint density at radius 1 is 1.12 bits per heavy atom. The van der Waals surface area contributed by atoms with E-state index in [-0.39, 0.29) is 16.5 Å². The maximum absolute atomic E-state index is 13.9. The summed E-state index contributed by atoms with van der Waals surface area (Å²) in [4.78, 5) is 7.23. The van der Waals surface area contributed by atoms with Crippen LogP contribution in [0.2, 0.25) is 5.28 Å². The molecule has 1 atom stereocenters. The Labute approximate surface area is 100 Å². The molecule has 0 amide bonds. The lowest BCUT2D eigenvalue weighted by Crippen LogP contribution is -2.00. The first kappa shape index (κ1) is 11.9. The summed E-state index contributed by atoms with van der Waals surface area (Å²) < 4.78 is 39.8. The Bertz CT molecular complexity index is 528. The van der Waals surface area contributed by atoms with Gasteiger partial charge in [-0.3, -0.25) is 0 Å². The van der Waals surface area contributed by atoms with Gasteiger partial charge in [0.15, 0.2) is 6.17 Å². The summed E-state index contributed by atoms with van der Waals surface area (Å²) in [5, 5.41) is -0.123. The Balaban J connectivity index is 2.39. The number of nitrogens with zero attached hydrogens (tertiary/aromatic N) is 2. The summed E-state index contributed by atoms with van der Waals surface area (Å²) in [6.45, 7) is 0. The molecule has 17 heavy (non-hydrogen) atoms. The molecule has 0 saturated carbocycles. The number of hydrogen-bond donors (Lipinski definition) is 0. The van der Waals surface area contributed by atoms with Crippen molar-refractivity contribution < 1.29 is 13.2 Å². The van der Waals surface area contributed by atoms with Crippen LogP contribution in [-0.2, 0) is 0 Å². The second-order valence-corrected chi connectivity index (χ2v) is 3.65. The molecule has 0 saturated heterocycles. The van der Waals surface area contributed by atoms with Crippen LogP contribution in [0.5, 0.6) is 0 Å². The molecule has 2 rings (SSSR count). The van der Waals surface area contributed by atoms with Gasteiger partial charge in [-0.15, -0.1) is 0 Å². The van der Waals surface area contributed by atoms with Gasteiger partial charge in [0.05, 0.1) is 5.69 Å². The van der Waals surface area contributed by atoms with Crippen LogP contribution in [0.1, 0.15) is 17.4 Å². The van der Waals surface area contributed by atoms with E-state index in [9.17, 15) is 13.2 Å². The van der Waals surface area contributed by atoms with Crippen LogP contribution < -0.4 is 0 Å². The van der Waals surface area contributed by atoms with E-state index in [2.05, 4.69) is 9.97 Å². The zero-order valence-electron chi connectivity index (χ0n) is 8.37. The minimum atomic E-state index is -1.75. The molecule has 0 bridgehead atoms.